The van der Waals surface area contributed by atoms with Crippen LogP contribution in [-0.2, 0) is 4.74 Å². The number of amides is 1. The lowest BCUT2D eigenvalue weighted by Crippen LogP contribution is -2.35. The van der Waals surface area contributed by atoms with Crippen LogP contribution in [0.5, 0.6) is 0 Å². The summed E-state index contributed by atoms with van der Waals surface area (Å²) in [5.74, 6) is -0.205. The van der Waals surface area contributed by atoms with Gasteiger partial charge in [-0.05, 0) is 46.2 Å². The normalized spacial score (nSPS) is 18.4. The van der Waals surface area contributed by atoms with E-state index in [-0.39, 0.29) is 17.8 Å². The van der Waals surface area contributed by atoms with Gasteiger partial charge in [0.05, 0.1) is 0 Å². The number of Topliss-reactive ketones (excluding diaryl/α,β-unsaturated/α-hetero) is 1. The van der Waals surface area contributed by atoms with E-state index in [2.05, 4.69) is 0 Å². The minimum absolute atomic E-state index is 0.00672. The van der Waals surface area contributed by atoms with Crippen LogP contribution in [0, 0.1) is 12.8 Å². The number of nitrogen functional groups attached to an aromatic ring is 1. The molecule has 2 N–H and O–H groups in total. The van der Waals surface area contributed by atoms with Crippen molar-refractivity contribution >= 4 is 17.6 Å². The predicted octanol–water partition coefficient (Wildman–Crippen LogP) is 3.02. The van der Waals surface area contributed by atoms with Gasteiger partial charge in [-0.1, -0.05) is 11.6 Å². The number of likely N-dealkylation sites (tertiary alicyclic amines) is 1. The van der Waals surface area contributed by atoms with E-state index in [0.717, 1.165) is 5.56 Å². The Balaban J connectivity index is 2.05. The quantitative estimate of drug-likeness (QED) is 0.673. The van der Waals surface area contributed by atoms with E-state index >= 15 is 0 Å². The molecule has 22 heavy (non-hydrogen) atoms. The zero-order valence-electron chi connectivity index (χ0n) is 13.7. The lowest BCUT2D eigenvalue weighted by molar-refractivity contribution is 0.0289. The van der Waals surface area contributed by atoms with Gasteiger partial charge < -0.3 is 15.4 Å². The molecule has 5 nitrogen and oxygen atoms in total. The molecule has 1 aromatic rings. The van der Waals surface area contributed by atoms with Gasteiger partial charge in [0.15, 0.2) is 5.78 Å². The molecular formula is C17H24N2O3. The second kappa shape index (κ2) is 5.99. The van der Waals surface area contributed by atoms with E-state index in [0.29, 0.717) is 30.8 Å². The van der Waals surface area contributed by atoms with Crippen molar-refractivity contribution < 1.29 is 14.3 Å². The largest absolute Gasteiger partial charge is 0.444 e. The van der Waals surface area contributed by atoms with Gasteiger partial charge in [-0.3, -0.25) is 4.79 Å². The third-order valence-corrected chi connectivity index (χ3v) is 3.68. The van der Waals surface area contributed by atoms with Gasteiger partial charge in [0.1, 0.15) is 5.60 Å². The summed E-state index contributed by atoms with van der Waals surface area (Å²) in [7, 11) is 0. The van der Waals surface area contributed by atoms with Crippen molar-refractivity contribution in [2.75, 3.05) is 18.8 Å². The standard InChI is InChI=1S/C17H24N2O3/c1-11-5-6-14(18)13(9-11)15(20)12-7-8-19(10-12)16(21)22-17(2,3)4/h5-6,9,12H,7-8,10,18H2,1-4H3. The Morgan fingerprint density at radius 2 is 2.00 bits per heavy atom. The number of nitrogens with zero attached hydrogens (tertiary/aromatic N) is 1. The Hall–Kier alpha value is -2.04. The number of aryl methyl sites for hydroxylation is 1. The van der Waals surface area contributed by atoms with E-state index in [4.69, 9.17) is 10.5 Å². The summed E-state index contributed by atoms with van der Waals surface area (Å²) >= 11 is 0. The Labute approximate surface area is 131 Å². The van der Waals surface area contributed by atoms with Crippen molar-refractivity contribution in [2.45, 2.75) is 39.7 Å². The van der Waals surface area contributed by atoms with E-state index in [9.17, 15) is 9.59 Å². The first-order valence-electron chi connectivity index (χ1n) is 7.55. The smallest absolute Gasteiger partial charge is 0.410 e. The van der Waals surface area contributed by atoms with Gasteiger partial charge in [0.25, 0.3) is 0 Å². The Bertz CT molecular complexity index is 590. The summed E-state index contributed by atoms with van der Waals surface area (Å²) in [6, 6.07) is 5.45. The van der Waals surface area contributed by atoms with Crippen LogP contribution >= 0.6 is 0 Å². The Morgan fingerprint density at radius 3 is 2.64 bits per heavy atom. The van der Waals surface area contributed by atoms with E-state index in [1.807, 2.05) is 39.8 Å². The number of benzene rings is 1. The fourth-order valence-electron chi connectivity index (χ4n) is 2.57. The number of hydrogen-bond donors (Lipinski definition) is 1. The molecule has 2 rings (SSSR count). The highest BCUT2D eigenvalue weighted by molar-refractivity contribution is 6.02. The van der Waals surface area contributed by atoms with Gasteiger partial charge in [-0.2, -0.15) is 0 Å². The lowest BCUT2D eigenvalue weighted by atomic mass is 9.95. The fraction of sp³-hybridized carbons (Fsp3) is 0.529. The van der Waals surface area contributed by atoms with Crippen molar-refractivity contribution in [3.63, 3.8) is 0 Å². The molecule has 0 bridgehead atoms. The molecule has 1 fully saturated rings. The van der Waals surface area contributed by atoms with Crippen molar-refractivity contribution in [2.24, 2.45) is 5.92 Å². The highest BCUT2D eigenvalue weighted by Gasteiger charge is 2.34. The highest BCUT2D eigenvalue weighted by Crippen LogP contribution is 2.25. The molecule has 1 saturated heterocycles. The first-order chi connectivity index (χ1) is 10.2. The minimum atomic E-state index is -0.528. The molecule has 0 saturated carbocycles. The molecule has 0 radical (unpaired) electrons. The number of ether oxygens (including phenoxy) is 1. The molecule has 1 atom stereocenters. The first kappa shape index (κ1) is 16.3. The number of anilines is 1. The van der Waals surface area contributed by atoms with Gasteiger partial charge in [0.2, 0.25) is 0 Å². The van der Waals surface area contributed by atoms with E-state index in [1.54, 1.807) is 11.0 Å². The van der Waals surface area contributed by atoms with Crippen molar-refractivity contribution in [1.82, 2.24) is 4.90 Å². The number of ketones is 1. The molecular weight excluding hydrogens is 280 g/mol. The monoisotopic (exact) mass is 304 g/mol. The van der Waals surface area contributed by atoms with Crippen LogP contribution in [0.4, 0.5) is 10.5 Å². The SMILES string of the molecule is Cc1ccc(N)c(C(=O)C2CCN(C(=O)OC(C)(C)C)C2)c1. The van der Waals surface area contributed by atoms with Gasteiger partial charge >= 0.3 is 6.09 Å². The van der Waals surface area contributed by atoms with Crippen LogP contribution < -0.4 is 5.73 Å². The maximum Gasteiger partial charge on any atom is 0.410 e. The Kier molecular flexibility index (Phi) is 4.44. The lowest BCUT2D eigenvalue weighted by Gasteiger charge is -2.24. The highest BCUT2D eigenvalue weighted by atomic mass is 16.6. The molecule has 0 spiro atoms. The van der Waals surface area contributed by atoms with Gasteiger partial charge in [-0.25, -0.2) is 4.79 Å². The van der Waals surface area contributed by atoms with Gasteiger partial charge in [-0.15, -0.1) is 0 Å². The maximum atomic E-state index is 12.6. The third-order valence-electron chi connectivity index (χ3n) is 3.68. The topological polar surface area (TPSA) is 72.6 Å². The molecule has 5 heteroatoms. The van der Waals surface area contributed by atoms with Crippen molar-refractivity contribution in [3.8, 4) is 0 Å². The fourth-order valence-corrected chi connectivity index (χ4v) is 2.57. The van der Waals surface area contributed by atoms with Crippen LogP contribution in [0.2, 0.25) is 0 Å². The maximum absolute atomic E-state index is 12.6. The van der Waals surface area contributed by atoms with Crippen molar-refractivity contribution in [1.29, 1.82) is 0 Å². The molecule has 120 valence electrons. The van der Waals surface area contributed by atoms with Crippen LogP contribution in [0.3, 0.4) is 0 Å². The summed E-state index contributed by atoms with van der Waals surface area (Å²) in [6.07, 6.45) is 0.283. The summed E-state index contributed by atoms with van der Waals surface area (Å²) in [4.78, 5) is 26.3. The number of carbonyl (C=O) groups is 2. The number of nitrogens with two attached hydrogens (primary N) is 1. The summed E-state index contributed by atoms with van der Waals surface area (Å²) < 4.78 is 5.35. The third kappa shape index (κ3) is 3.78. The van der Waals surface area contributed by atoms with Crippen molar-refractivity contribution in [3.05, 3.63) is 29.3 Å². The van der Waals surface area contributed by atoms with Crippen LogP contribution in [-0.4, -0.2) is 35.5 Å². The van der Waals surface area contributed by atoms with Crippen LogP contribution in [0.1, 0.15) is 43.1 Å². The zero-order valence-corrected chi connectivity index (χ0v) is 13.7. The number of carbonyl (C=O) groups excluding carboxylic acids is 2. The molecule has 1 amide bonds. The van der Waals surface area contributed by atoms with E-state index < -0.39 is 5.60 Å². The van der Waals surface area contributed by atoms with E-state index in [1.165, 1.54) is 0 Å². The molecule has 0 aliphatic carbocycles. The zero-order chi connectivity index (χ0) is 16.5. The Morgan fingerprint density at radius 1 is 1.32 bits per heavy atom. The molecule has 1 aromatic carbocycles. The second-order valence-electron chi connectivity index (χ2n) is 6.87. The number of hydrogen-bond acceptors (Lipinski definition) is 4. The minimum Gasteiger partial charge on any atom is -0.444 e. The first-order valence-corrected chi connectivity index (χ1v) is 7.55. The predicted molar refractivity (Wildman–Crippen MR) is 85.8 cm³/mol. The second-order valence-corrected chi connectivity index (χ2v) is 6.87. The van der Waals surface area contributed by atoms with Crippen LogP contribution in [0.25, 0.3) is 0 Å². The molecule has 1 unspecified atom stereocenters. The van der Waals surface area contributed by atoms with Gasteiger partial charge in [0, 0.05) is 30.3 Å². The summed E-state index contributed by atoms with van der Waals surface area (Å²) in [5.41, 5.74) is 7.43. The molecule has 1 aliphatic rings. The van der Waals surface area contributed by atoms with Crippen LogP contribution in [0.15, 0.2) is 18.2 Å². The summed E-state index contributed by atoms with van der Waals surface area (Å²) in [6.45, 7) is 8.35. The number of rotatable bonds is 2. The average Bonchev–Trinajstić information content (AvgIpc) is 2.88. The molecule has 1 heterocycles. The molecule has 1 aliphatic heterocycles. The average molecular weight is 304 g/mol. The molecule has 0 aromatic heterocycles. The summed E-state index contributed by atoms with van der Waals surface area (Å²) in [5, 5.41) is 0.